The van der Waals surface area contributed by atoms with Crippen LogP contribution in [-0.4, -0.2) is 12.5 Å². The summed E-state index contributed by atoms with van der Waals surface area (Å²) in [6, 6.07) is 11.8. The zero-order valence-electron chi connectivity index (χ0n) is 11.0. The molecule has 2 aromatic rings. The van der Waals surface area contributed by atoms with Gasteiger partial charge in [-0.3, -0.25) is 4.79 Å². The van der Waals surface area contributed by atoms with E-state index in [2.05, 4.69) is 11.4 Å². The first-order valence-electron chi connectivity index (χ1n) is 6.22. The molecule has 102 valence electrons. The van der Waals surface area contributed by atoms with Crippen LogP contribution in [0.4, 0.5) is 11.4 Å². The summed E-state index contributed by atoms with van der Waals surface area (Å²) in [5.74, 6) is 0.476. The number of carbonyl (C=O) groups is 1. The third-order valence-electron chi connectivity index (χ3n) is 2.96. The molecule has 0 aliphatic carbocycles. The fraction of sp³-hybridized carbons (Fsp3) is 0.133. The molecule has 0 atom stereocenters. The number of nitrogens with two attached hydrogens (primary N) is 1. The Morgan fingerprint density at radius 1 is 1.30 bits per heavy atom. The molecule has 0 bridgehead atoms. The lowest BCUT2D eigenvalue weighted by molar-refractivity contribution is -0.118. The number of carbonyl (C=O) groups excluding carboxylic acids is 1. The predicted molar refractivity (Wildman–Crippen MR) is 80.3 cm³/mol. The second kappa shape index (κ2) is 5.09. The van der Waals surface area contributed by atoms with Crippen LogP contribution in [0.1, 0.15) is 5.56 Å². The van der Waals surface area contributed by atoms with Crippen molar-refractivity contribution in [3.05, 3.63) is 42.0 Å². The second-order valence-corrected chi connectivity index (χ2v) is 5.76. The molecule has 0 saturated carbocycles. The first-order valence-corrected chi connectivity index (χ1v) is 7.04. The molecule has 0 spiro atoms. The van der Waals surface area contributed by atoms with Crippen LogP contribution in [0.25, 0.3) is 0 Å². The van der Waals surface area contributed by atoms with E-state index >= 15 is 0 Å². The first-order chi connectivity index (χ1) is 9.61. The van der Waals surface area contributed by atoms with Crippen LogP contribution in [0.5, 0.6) is 5.75 Å². The van der Waals surface area contributed by atoms with Gasteiger partial charge in [0.2, 0.25) is 0 Å². The smallest absolute Gasteiger partial charge is 0.262 e. The van der Waals surface area contributed by atoms with Gasteiger partial charge in [0.05, 0.1) is 5.69 Å². The van der Waals surface area contributed by atoms with E-state index in [0.717, 1.165) is 9.79 Å². The van der Waals surface area contributed by atoms with E-state index in [1.54, 1.807) is 17.8 Å². The second-order valence-electron chi connectivity index (χ2n) is 4.64. The molecule has 20 heavy (non-hydrogen) atoms. The van der Waals surface area contributed by atoms with E-state index in [-0.39, 0.29) is 12.5 Å². The number of hydrogen-bond acceptors (Lipinski definition) is 4. The third-order valence-corrected chi connectivity index (χ3v) is 4.03. The van der Waals surface area contributed by atoms with Gasteiger partial charge in [0.25, 0.3) is 5.91 Å². The van der Waals surface area contributed by atoms with Crippen LogP contribution in [0.15, 0.2) is 46.2 Å². The van der Waals surface area contributed by atoms with Crippen molar-refractivity contribution in [2.75, 3.05) is 17.7 Å². The van der Waals surface area contributed by atoms with Crippen LogP contribution in [0.2, 0.25) is 0 Å². The minimum Gasteiger partial charge on any atom is -0.482 e. The summed E-state index contributed by atoms with van der Waals surface area (Å²) in [6.45, 7) is 2.09. The van der Waals surface area contributed by atoms with Gasteiger partial charge < -0.3 is 15.8 Å². The van der Waals surface area contributed by atoms with Crippen molar-refractivity contribution in [1.29, 1.82) is 0 Å². The molecule has 3 N–H and O–H groups in total. The maximum absolute atomic E-state index is 11.4. The Morgan fingerprint density at radius 3 is 2.95 bits per heavy atom. The highest BCUT2D eigenvalue weighted by molar-refractivity contribution is 7.99. The van der Waals surface area contributed by atoms with E-state index in [4.69, 9.17) is 10.5 Å². The summed E-state index contributed by atoms with van der Waals surface area (Å²) in [5.41, 5.74) is 8.57. The number of nitrogen functional groups attached to an aromatic ring is 1. The summed E-state index contributed by atoms with van der Waals surface area (Å²) in [6.07, 6.45) is 0. The highest BCUT2D eigenvalue weighted by atomic mass is 32.2. The number of aryl methyl sites for hydroxylation is 1. The molecule has 2 aromatic carbocycles. The molecule has 4 nitrogen and oxygen atoms in total. The van der Waals surface area contributed by atoms with Gasteiger partial charge in [-0.15, -0.1) is 0 Å². The standard InChI is InChI=1S/C15H14N2O2S/c1-9-3-2-4-10(5-9)20-14-7-12-13(6-11(14)16)19-8-15(18)17-12/h2-7H,8,16H2,1H3,(H,17,18). The molecular weight excluding hydrogens is 272 g/mol. The van der Waals surface area contributed by atoms with Crippen molar-refractivity contribution in [3.8, 4) is 5.75 Å². The highest BCUT2D eigenvalue weighted by Crippen LogP contribution is 2.39. The summed E-state index contributed by atoms with van der Waals surface area (Å²) >= 11 is 1.57. The van der Waals surface area contributed by atoms with Gasteiger partial charge in [-0.05, 0) is 25.1 Å². The van der Waals surface area contributed by atoms with Crippen LogP contribution in [-0.2, 0) is 4.79 Å². The first kappa shape index (κ1) is 12.9. The van der Waals surface area contributed by atoms with Gasteiger partial charge in [-0.1, -0.05) is 29.5 Å². The Hall–Kier alpha value is -2.14. The molecule has 0 fully saturated rings. The number of benzene rings is 2. The van der Waals surface area contributed by atoms with Gasteiger partial charge in [0.1, 0.15) is 5.75 Å². The topological polar surface area (TPSA) is 64.3 Å². The number of hydrogen-bond donors (Lipinski definition) is 2. The Morgan fingerprint density at radius 2 is 2.15 bits per heavy atom. The predicted octanol–water partition coefficient (Wildman–Crippen LogP) is 3.06. The van der Waals surface area contributed by atoms with Crippen molar-refractivity contribution >= 4 is 29.0 Å². The van der Waals surface area contributed by atoms with Crippen LogP contribution in [0.3, 0.4) is 0 Å². The van der Waals surface area contributed by atoms with Crippen LogP contribution in [0, 0.1) is 6.92 Å². The molecule has 1 amide bonds. The fourth-order valence-electron chi connectivity index (χ4n) is 2.02. The number of anilines is 2. The SMILES string of the molecule is Cc1cccc(Sc2cc3c(cc2N)OCC(=O)N3)c1. The molecule has 1 heterocycles. The van der Waals surface area contributed by atoms with Crippen molar-refractivity contribution in [2.45, 2.75) is 16.7 Å². The van der Waals surface area contributed by atoms with Gasteiger partial charge in [0, 0.05) is 21.5 Å². The average Bonchev–Trinajstić information content (AvgIpc) is 2.40. The van der Waals surface area contributed by atoms with Crippen LogP contribution < -0.4 is 15.8 Å². The van der Waals surface area contributed by atoms with Crippen molar-refractivity contribution in [1.82, 2.24) is 0 Å². The lowest BCUT2D eigenvalue weighted by atomic mass is 10.2. The zero-order chi connectivity index (χ0) is 14.1. The molecule has 1 aliphatic rings. The maximum atomic E-state index is 11.4. The third kappa shape index (κ3) is 2.58. The van der Waals surface area contributed by atoms with Crippen molar-refractivity contribution in [3.63, 3.8) is 0 Å². The summed E-state index contributed by atoms with van der Waals surface area (Å²) in [5, 5.41) is 2.79. The molecule has 0 saturated heterocycles. The molecule has 5 heteroatoms. The largest absolute Gasteiger partial charge is 0.482 e. The Bertz CT molecular complexity index is 686. The number of ether oxygens (including phenoxy) is 1. The van der Waals surface area contributed by atoms with E-state index in [0.29, 0.717) is 17.1 Å². The lowest BCUT2D eigenvalue weighted by Gasteiger charge is -2.19. The molecule has 0 unspecified atom stereocenters. The number of amides is 1. The zero-order valence-corrected chi connectivity index (χ0v) is 11.8. The van der Waals surface area contributed by atoms with Gasteiger partial charge in [-0.25, -0.2) is 0 Å². The minimum atomic E-state index is -0.145. The van der Waals surface area contributed by atoms with E-state index in [9.17, 15) is 4.79 Å². The maximum Gasteiger partial charge on any atom is 0.262 e. The van der Waals surface area contributed by atoms with Gasteiger partial charge in [-0.2, -0.15) is 0 Å². The summed E-state index contributed by atoms with van der Waals surface area (Å²) in [7, 11) is 0. The van der Waals surface area contributed by atoms with E-state index in [1.165, 1.54) is 5.56 Å². The minimum absolute atomic E-state index is 0.0385. The quantitative estimate of drug-likeness (QED) is 0.833. The lowest BCUT2D eigenvalue weighted by Crippen LogP contribution is -2.25. The van der Waals surface area contributed by atoms with Crippen molar-refractivity contribution in [2.24, 2.45) is 0 Å². The number of nitrogens with one attached hydrogen (secondary N) is 1. The summed E-state index contributed by atoms with van der Waals surface area (Å²) < 4.78 is 5.34. The number of rotatable bonds is 2. The molecular formula is C15H14N2O2S. The molecule has 1 aliphatic heterocycles. The van der Waals surface area contributed by atoms with Crippen molar-refractivity contribution < 1.29 is 9.53 Å². The Balaban J connectivity index is 1.94. The normalized spacial score (nSPS) is 13.3. The monoisotopic (exact) mass is 286 g/mol. The number of fused-ring (bicyclic) bond motifs is 1. The molecule has 3 rings (SSSR count). The van der Waals surface area contributed by atoms with Gasteiger partial charge in [0.15, 0.2) is 6.61 Å². The van der Waals surface area contributed by atoms with E-state index < -0.39 is 0 Å². The van der Waals surface area contributed by atoms with Crippen LogP contribution >= 0.6 is 11.8 Å². The summed E-state index contributed by atoms with van der Waals surface area (Å²) in [4.78, 5) is 13.4. The molecule has 0 aromatic heterocycles. The Labute approximate surface area is 121 Å². The average molecular weight is 286 g/mol. The van der Waals surface area contributed by atoms with Gasteiger partial charge >= 0.3 is 0 Å². The molecule has 0 radical (unpaired) electrons. The fourth-order valence-corrected chi connectivity index (χ4v) is 3.02. The van der Waals surface area contributed by atoms with E-state index in [1.807, 2.05) is 31.2 Å². The Kier molecular flexibility index (Phi) is 3.28. The highest BCUT2D eigenvalue weighted by Gasteiger charge is 2.18.